The van der Waals surface area contributed by atoms with E-state index in [0.29, 0.717) is 5.76 Å². The van der Waals surface area contributed by atoms with Crippen molar-refractivity contribution in [2.45, 2.75) is 19.1 Å². The smallest absolute Gasteiger partial charge is 0.396 e. The number of hydrogen-bond acceptors (Lipinski definition) is 5. The average molecular weight is 247 g/mol. The molecule has 0 bridgehead atoms. The van der Waals surface area contributed by atoms with Gasteiger partial charge < -0.3 is 14.7 Å². The molecule has 0 fully saturated rings. The minimum Gasteiger partial charge on any atom is -0.455 e. The lowest BCUT2D eigenvalue weighted by Crippen LogP contribution is -2.12. The van der Waals surface area contributed by atoms with Crippen molar-refractivity contribution in [3.8, 4) is 11.7 Å². The van der Waals surface area contributed by atoms with Crippen LogP contribution in [-0.4, -0.2) is 16.3 Å². The molecule has 0 unspecified atom stereocenters. The molecule has 0 atom stereocenters. The second-order valence-electron chi connectivity index (χ2n) is 3.28. The van der Waals surface area contributed by atoms with Crippen LogP contribution in [0.3, 0.4) is 0 Å². The zero-order chi connectivity index (χ0) is 12.5. The SMILES string of the molecule is NCc1ccc(-c2nc(CC(F)(F)F)no2)o1. The quantitative estimate of drug-likeness (QED) is 0.896. The summed E-state index contributed by atoms with van der Waals surface area (Å²) in [5.41, 5.74) is 5.32. The van der Waals surface area contributed by atoms with Crippen LogP contribution in [0.15, 0.2) is 21.1 Å². The van der Waals surface area contributed by atoms with Crippen LogP contribution in [0.4, 0.5) is 13.2 Å². The van der Waals surface area contributed by atoms with Gasteiger partial charge in [-0.2, -0.15) is 18.2 Å². The third-order valence-electron chi connectivity index (χ3n) is 1.90. The Morgan fingerprint density at radius 3 is 2.65 bits per heavy atom. The molecule has 92 valence electrons. The van der Waals surface area contributed by atoms with E-state index in [4.69, 9.17) is 10.2 Å². The number of nitrogens with two attached hydrogens (primary N) is 1. The maximum absolute atomic E-state index is 12.1. The summed E-state index contributed by atoms with van der Waals surface area (Å²) in [6.07, 6.45) is -5.60. The van der Waals surface area contributed by atoms with Crippen LogP contribution in [-0.2, 0) is 13.0 Å². The summed E-state index contributed by atoms with van der Waals surface area (Å²) in [6, 6.07) is 3.09. The summed E-state index contributed by atoms with van der Waals surface area (Å²) in [4.78, 5) is 3.58. The third kappa shape index (κ3) is 2.84. The molecule has 2 aromatic rings. The summed E-state index contributed by atoms with van der Waals surface area (Å²) < 4.78 is 46.0. The molecule has 8 heteroatoms. The van der Waals surface area contributed by atoms with Crippen molar-refractivity contribution in [2.24, 2.45) is 5.73 Å². The van der Waals surface area contributed by atoms with Crippen LogP contribution >= 0.6 is 0 Å². The second-order valence-corrected chi connectivity index (χ2v) is 3.28. The highest BCUT2D eigenvalue weighted by Crippen LogP contribution is 2.23. The molecule has 2 aromatic heterocycles. The van der Waals surface area contributed by atoms with Crippen molar-refractivity contribution in [3.63, 3.8) is 0 Å². The molecule has 17 heavy (non-hydrogen) atoms. The molecular formula is C9H8F3N3O2. The van der Waals surface area contributed by atoms with E-state index in [-0.39, 0.29) is 18.2 Å². The molecule has 2 rings (SSSR count). The fourth-order valence-corrected chi connectivity index (χ4v) is 1.21. The van der Waals surface area contributed by atoms with Crippen LogP contribution in [0.1, 0.15) is 11.6 Å². The van der Waals surface area contributed by atoms with Gasteiger partial charge in [-0.25, -0.2) is 0 Å². The molecule has 0 amide bonds. The van der Waals surface area contributed by atoms with E-state index < -0.39 is 18.4 Å². The van der Waals surface area contributed by atoms with Gasteiger partial charge in [-0.05, 0) is 12.1 Å². The molecule has 0 aliphatic rings. The van der Waals surface area contributed by atoms with Crippen molar-refractivity contribution < 1.29 is 22.1 Å². The molecule has 5 nitrogen and oxygen atoms in total. The normalized spacial score (nSPS) is 12.0. The van der Waals surface area contributed by atoms with E-state index in [0.717, 1.165) is 0 Å². The Balaban J connectivity index is 2.18. The minimum atomic E-state index is -4.37. The van der Waals surface area contributed by atoms with Gasteiger partial charge in [0.15, 0.2) is 11.6 Å². The summed E-state index contributed by atoms with van der Waals surface area (Å²) in [5, 5.41) is 3.22. The first-order valence-corrected chi connectivity index (χ1v) is 4.66. The van der Waals surface area contributed by atoms with Gasteiger partial charge in [0.1, 0.15) is 12.2 Å². The van der Waals surface area contributed by atoms with E-state index in [2.05, 4.69) is 14.7 Å². The van der Waals surface area contributed by atoms with Crippen molar-refractivity contribution >= 4 is 0 Å². The maximum Gasteiger partial charge on any atom is 0.396 e. The highest BCUT2D eigenvalue weighted by atomic mass is 19.4. The minimum absolute atomic E-state index is 0.0936. The molecular weight excluding hydrogens is 239 g/mol. The predicted octanol–water partition coefficient (Wildman–Crippen LogP) is 1.89. The number of furan rings is 1. The molecule has 2 heterocycles. The Morgan fingerprint density at radius 1 is 1.29 bits per heavy atom. The molecule has 0 saturated heterocycles. The highest BCUT2D eigenvalue weighted by molar-refractivity contribution is 5.44. The summed E-state index contributed by atoms with van der Waals surface area (Å²) in [6.45, 7) is 0.184. The molecule has 0 radical (unpaired) electrons. The Hall–Kier alpha value is -1.83. The molecule has 0 saturated carbocycles. The summed E-state index contributed by atoms with van der Waals surface area (Å²) >= 11 is 0. The predicted molar refractivity (Wildman–Crippen MR) is 49.7 cm³/mol. The van der Waals surface area contributed by atoms with Crippen LogP contribution in [0.5, 0.6) is 0 Å². The zero-order valence-corrected chi connectivity index (χ0v) is 8.49. The van der Waals surface area contributed by atoms with Gasteiger partial charge in [0.2, 0.25) is 0 Å². The first kappa shape index (κ1) is 11.6. The van der Waals surface area contributed by atoms with E-state index in [1.54, 1.807) is 6.07 Å². The Kier molecular flexibility index (Phi) is 2.88. The lowest BCUT2D eigenvalue weighted by atomic mass is 10.4. The molecule has 2 N–H and O–H groups in total. The first-order chi connectivity index (χ1) is 7.98. The van der Waals surface area contributed by atoms with Gasteiger partial charge in [0.25, 0.3) is 5.89 Å². The zero-order valence-electron chi connectivity index (χ0n) is 8.49. The number of nitrogens with zero attached hydrogens (tertiary/aromatic N) is 2. The van der Waals surface area contributed by atoms with E-state index in [1.165, 1.54) is 6.07 Å². The van der Waals surface area contributed by atoms with Crippen LogP contribution in [0.25, 0.3) is 11.7 Å². The van der Waals surface area contributed by atoms with Gasteiger partial charge in [-0.1, -0.05) is 5.16 Å². The topological polar surface area (TPSA) is 78.1 Å². The monoisotopic (exact) mass is 247 g/mol. The number of alkyl halides is 3. The Morgan fingerprint density at radius 2 is 2.06 bits per heavy atom. The largest absolute Gasteiger partial charge is 0.455 e. The second kappa shape index (κ2) is 4.21. The summed E-state index contributed by atoms with van der Waals surface area (Å²) in [7, 11) is 0. The lowest BCUT2D eigenvalue weighted by molar-refractivity contribution is -0.128. The van der Waals surface area contributed by atoms with Gasteiger partial charge in [0.05, 0.1) is 6.54 Å². The fourth-order valence-electron chi connectivity index (χ4n) is 1.21. The average Bonchev–Trinajstić information content (AvgIpc) is 2.82. The number of halogens is 3. The maximum atomic E-state index is 12.1. The third-order valence-corrected chi connectivity index (χ3v) is 1.90. The van der Waals surface area contributed by atoms with Crippen molar-refractivity contribution in [1.82, 2.24) is 10.1 Å². The van der Waals surface area contributed by atoms with Gasteiger partial charge in [0, 0.05) is 0 Å². The first-order valence-electron chi connectivity index (χ1n) is 4.66. The molecule has 0 spiro atoms. The number of aromatic nitrogens is 2. The molecule has 0 aromatic carbocycles. The number of hydrogen-bond donors (Lipinski definition) is 1. The van der Waals surface area contributed by atoms with E-state index >= 15 is 0 Å². The van der Waals surface area contributed by atoms with E-state index in [1.807, 2.05) is 0 Å². The van der Waals surface area contributed by atoms with Crippen LogP contribution < -0.4 is 5.73 Å². The van der Waals surface area contributed by atoms with Crippen molar-refractivity contribution in [2.75, 3.05) is 0 Å². The fraction of sp³-hybridized carbons (Fsp3) is 0.333. The van der Waals surface area contributed by atoms with Gasteiger partial charge in [-0.3, -0.25) is 0 Å². The standard InChI is InChI=1S/C9H8F3N3O2/c10-9(11,12)3-7-14-8(17-15-7)6-2-1-5(4-13)16-6/h1-2H,3-4,13H2. The lowest BCUT2D eigenvalue weighted by Gasteiger charge is -1.99. The molecule has 0 aliphatic carbocycles. The van der Waals surface area contributed by atoms with Crippen molar-refractivity contribution in [1.29, 1.82) is 0 Å². The van der Waals surface area contributed by atoms with Gasteiger partial charge in [-0.15, -0.1) is 0 Å². The van der Waals surface area contributed by atoms with E-state index in [9.17, 15) is 13.2 Å². The van der Waals surface area contributed by atoms with Crippen LogP contribution in [0, 0.1) is 0 Å². The number of rotatable bonds is 3. The summed E-state index contributed by atoms with van der Waals surface area (Å²) in [5.74, 6) is 0.157. The Labute approximate surface area is 93.4 Å². The van der Waals surface area contributed by atoms with Gasteiger partial charge >= 0.3 is 6.18 Å². The Bertz CT molecular complexity index is 504. The van der Waals surface area contributed by atoms with Crippen molar-refractivity contribution in [3.05, 3.63) is 23.7 Å². The highest BCUT2D eigenvalue weighted by Gasteiger charge is 2.30. The van der Waals surface area contributed by atoms with Crippen LogP contribution in [0.2, 0.25) is 0 Å². The molecule has 0 aliphatic heterocycles.